The van der Waals surface area contributed by atoms with Crippen LogP contribution in [0.25, 0.3) is 0 Å². The van der Waals surface area contributed by atoms with Gasteiger partial charge < -0.3 is 11.1 Å². The van der Waals surface area contributed by atoms with Crippen LogP contribution in [0.5, 0.6) is 0 Å². The molecule has 1 aromatic rings. The maximum Gasteiger partial charge on any atom is 0.193 e. The Kier molecular flexibility index (Phi) is 4.67. The summed E-state index contributed by atoms with van der Waals surface area (Å²) < 4.78 is 26.4. The molecule has 0 fully saturated rings. The predicted molar refractivity (Wildman–Crippen MR) is 64.5 cm³/mol. The molecule has 0 saturated heterocycles. The first-order valence-corrected chi connectivity index (χ1v) is 5.55. The third-order valence-corrected chi connectivity index (χ3v) is 2.39. The van der Waals surface area contributed by atoms with Crippen molar-refractivity contribution in [3.05, 3.63) is 28.2 Å². The minimum atomic E-state index is -0.713. The van der Waals surface area contributed by atoms with E-state index in [-0.39, 0.29) is 16.1 Å². The fourth-order valence-corrected chi connectivity index (χ4v) is 1.37. The molecule has 16 heavy (non-hydrogen) atoms. The Hall–Kier alpha value is -1.17. The van der Waals surface area contributed by atoms with Crippen molar-refractivity contribution >= 4 is 27.6 Å². The van der Waals surface area contributed by atoms with Gasteiger partial charge >= 0.3 is 0 Å². The number of hydrogen-bond donors (Lipinski definition) is 2. The van der Waals surface area contributed by atoms with Crippen molar-refractivity contribution in [2.75, 3.05) is 11.9 Å². The van der Waals surface area contributed by atoms with E-state index in [9.17, 15) is 8.78 Å². The zero-order valence-corrected chi connectivity index (χ0v) is 10.3. The molecule has 0 aromatic heterocycles. The van der Waals surface area contributed by atoms with Crippen molar-refractivity contribution in [1.29, 1.82) is 0 Å². The van der Waals surface area contributed by atoms with Gasteiger partial charge in [0.1, 0.15) is 11.6 Å². The highest BCUT2D eigenvalue weighted by molar-refractivity contribution is 9.10. The molecule has 0 spiro atoms. The number of aliphatic imine (C=N–C) groups is 1. The molecule has 0 heterocycles. The zero-order valence-electron chi connectivity index (χ0n) is 8.73. The Bertz CT molecular complexity index is 407. The van der Waals surface area contributed by atoms with Crippen LogP contribution in [0.3, 0.4) is 0 Å². The van der Waals surface area contributed by atoms with Gasteiger partial charge in [-0.25, -0.2) is 8.78 Å². The molecule has 6 heteroatoms. The molecule has 3 nitrogen and oxygen atoms in total. The van der Waals surface area contributed by atoms with E-state index in [0.29, 0.717) is 6.54 Å². The molecule has 1 rings (SSSR count). The van der Waals surface area contributed by atoms with Crippen LogP contribution < -0.4 is 11.1 Å². The van der Waals surface area contributed by atoms with Crippen LogP contribution in [0, 0.1) is 11.6 Å². The Morgan fingerprint density at radius 1 is 1.44 bits per heavy atom. The second-order valence-corrected chi connectivity index (χ2v) is 3.99. The lowest BCUT2D eigenvalue weighted by atomic mass is 10.3. The van der Waals surface area contributed by atoms with Crippen molar-refractivity contribution in [2.24, 2.45) is 10.7 Å². The summed E-state index contributed by atoms with van der Waals surface area (Å²) in [6, 6.07) is 2.05. The topological polar surface area (TPSA) is 50.4 Å². The van der Waals surface area contributed by atoms with Gasteiger partial charge in [-0.1, -0.05) is 6.92 Å². The van der Waals surface area contributed by atoms with Gasteiger partial charge in [-0.15, -0.1) is 0 Å². The van der Waals surface area contributed by atoms with Gasteiger partial charge in [0.2, 0.25) is 0 Å². The average Bonchev–Trinajstić information content (AvgIpc) is 2.23. The Morgan fingerprint density at radius 3 is 2.75 bits per heavy atom. The molecule has 0 aliphatic carbocycles. The minimum absolute atomic E-state index is 0.0885. The number of benzene rings is 1. The standard InChI is InChI=1S/C10H12BrF2N3/c1-2-3-15-10(14)16-9-4-6(11)7(12)5-8(9)13/h4-5H,2-3H2,1H3,(H3,14,15,16). The SMILES string of the molecule is CCCN=C(N)Nc1cc(Br)c(F)cc1F. The summed E-state index contributed by atoms with van der Waals surface area (Å²) in [6.07, 6.45) is 0.845. The maximum absolute atomic E-state index is 13.3. The number of nitrogens with one attached hydrogen (secondary N) is 1. The summed E-state index contributed by atoms with van der Waals surface area (Å²) in [4.78, 5) is 3.94. The van der Waals surface area contributed by atoms with E-state index in [1.165, 1.54) is 6.07 Å². The lowest BCUT2D eigenvalue weighted by molar-refractivity contribution is 0.581. The van der Waals surface area contributed by atoms with E-state index in [0.717, 1.165) is 12.5 Å². The molecule has 88 valence electrons. The smallest absolute Gasteiger partial charge is 0.193 e. The molecule has 0 amide bonds. The van der Waals surface area contributed by atoms with Crippen LogP contribution in [0.1, 0.15) is 13.3 Å². The summed E-state index contributed by atoms with van der Waals surface area (Å²) >= 11 is 2.96. The lowest BCUT2D eigenvalue weighted by Crippen LogP contribution is -2.23. The third kappa shape index (κ3) is 3.44. The van der Waals surface area contributed by atoms with Gasteiger partial charge in [-0.2, -0.15) is 0 Å². The van der Waals surface area contributed by atoms with Crippen LogP contribution >= 0.6 is 15.9 Å². The molecule has 1 aromatic carbocycles. The molecule has 0 atom stereocenters. The summed E-state index contributed by atoms with van der Waals surface area (Å²) in [5.41, 5.74) is 5.60. The monoisotopic (exact) mass is 291 g/mol. The molecule has 0 aliphatic rings. The number of hydrogen-bond acceptors (Lipinski definition) is 1. The van der Waals surface area contributed by atoms with Crippen LogP contribution in [-0.2, 0) is 0 Å². The minimum Gasteiger partial charge on any atom is -0.370 e. The van der Waals surface area contributed by atoms with E-state index in [2.05, 4.69) is 26.2 Å². The quantitative estimate of drug-likeness (QED) is 0.511. The molecule has 0 unspecified atom stereocenters. The summed E-state index contributed by atoms with van der Waals surface area (Å²) in [5.74, 6) is -1.26. The largest absolute Gasteiger partial charge is 0.370 e. The highest BCUT2D eigenvalue weighted by Gasteiger charge is 2.08. The molecule has 0 bridgehead atoms. The number of rotatable bonds is 3. The zero-order chi connectivity index (χ0) is 12.1. The van der Waals surface area contributed by atoms with Crippen molar-refractivity contribution in [2.45, 2.75) is 13.3 Å². The van der Waals surface area contributed by atoms with Gasteiger partial charge in [-0.3, -0.25) is 4.99 Å². The first kappa shape index (κ1) is 12.9. The van der Waals surface area contributed by atoms with Gasteiger partial charge in [0.05, 0.1) is 10.2 Å². The van der Waals surface area contributed by atoms with E-state index in [4.69, 9.17) is 5.73 Å². The van der Waals surface area contributed by atoms with Gasteiger partial charge in [-0.05, 0) is 28.4 Å². The van der Waals surface area contributed by atoms with E-state index in [1.54, 1.807) is 0 Å². The number of halogens is 3. The molecule has 0 aliphatic heterocycles. The fourth-order valence-electron chi connectivity index (χ4n) is 1.03. The third-order valence-electron chi connectivity index (χ3n) is 1.78. The second-order valence-electron chi connectivity index (χ2n) is 3.14. The Morgan fingerprint density at radius 2 is 2.12 bits per heavy atom. The lowest BCUT2D eigenvalue weighted by Gasteiger charge is -2.07. The Labute approximate surface area is 101 Å². The first-order valence-electron chi connectivity index (χ1n) is 4.76. The van der Waals surface area contributed by atoms with E-state index >= 15 is 0 Å². The fraction of sp³-hybridized carbons (Fsp3) is 0.300. The number of nitrogens with zero attached hydrogens (tertiary/aromatic N) is 1. The highest BCUT2D eigenvalue weighted by Crippen LogP contribution is 2.23. The normalized spacial score (nSPS) is 11.6. The second kappa shape index (κ2) is 5.79. The number of anilines is 1. The first-order chi connectivity index (χ1) is 7.54. The van der Waals surface area contributed by atoms with E-state index in [1.807, 2.05) is 6.92 Å². The van der Waals surface area contributed by atoms with Crippen LogP contribution in [0.2, 0.25) is 0 Å². The van der Waals surface area contributed by atoms with Crippen molar-refractivity contribution < 1.29 is 8.78 Å². The average molecular weight is 292 g/mol. The van der Waals surface area contributed by atoms with Crippen LogP contribution in [0.15, 0.2) is 21.6 Å². The van der Waals surface area contributed by atoms with Crippen molar-refractivity contribution in [3.8, 4) is 0 Å². The summed E-state index contributed by atoms with van der Waals surface area (Å²) in [6.45, 7) is 2.51. The van der Waals surface area contributed by atoms with Crippen molar-refractivity contribution in [1.82, 2.24) is 0 Å². The number of guanidine groups is 1. The number of nitrogens with two attached hydrogens (primary N) is 1. The summed E-state index contributed by atoms with van der Waals surface area (Å²) in [7, 11) is 0. The molecular weight excluding hydrogens is 280 g/mol. The molecule has 0 saturated carbocycles. The van der Waals surface area contributed by atoms with E-state index < -0.39 is 11.6 Å². The highest BCUT2D eigenvalue weighted by atomic mass is 79.9. The summed E-state index contributed by atoms with van der Waals surface area (Å²) in [5, 5.41) is 2.57. The maximum atomic E-state index is 13.3. The van der Waals surface area contributed by atoms with Crippen LogP contribution in [-0.4, -0.2) is 12.5 Å². The molecule has 3 N–H and O–H groups in total. The van der Waals surface area contributed by atoms with Gasteiger partial charge in [0.25, 0.3) is 0 Å². The van der Waals surface area contributed by atoms with Crippen LogP contribution in [0.4, 0.5) is 14.5 Å². The van der Waals surface area contributed by atoms with Crippen molar-refractivity contribution in [3.63, 3.8) is 0 Å². The van der Waals surface area contributed by atoms with Gasteiger partial charge in [0.15, 0.2) is 5.96 Å². The predicted octanol–water partition coefficient (Wildman–Crippen LogP) is 2.86. The molecular formula is C10H12BrF2N3. The van der Waals surface area contributed by atoms with Gasteiger partial charge in [0, 0.05) is 12.6 Å². The Balaban J connectivity index is 2.85. The molecule has 0 radical (unpaired) electrons.